The van der Waals surface area contributed by atoms with Crippen LogP contribution in [0.5, 0.6) is 0 Å². The molecule has 1 aliphatic rings. The van der Waals surface area contributed by atoms with E-state index < -0.39 is 6.10 Å². The van der Waals surface area contributed by atoms with Gasteiger partial charge in [-0.3, -0.25) is 0 Å². The van der Waals surface area contributed by atoms with Crippen molar-refractivity contribution in [1.82, 2.24) is 5.32 Å². The Morgan fingerprint density at radius 3 is 2.76 bits per heavy atom. The topological polar surface area (TPSA) is 32.3 Å². The summed E-state index contributed by atoms with van der Waals surface area (Å²) in [7, 11) is 0. The summed E-state index contributed by atoms with van der Waals surface area (Å²) in [6.45, 7) is 4.24. The molecule has 0 spiro atoms. The number of piperidine rings is 1. The normalized spacial score (nSPS) is 25.5. The van der Waals surface area contributed by atoms with Gasteiger partial charge in [0.05, 0.1) is 6.10 Å². The number of halogens is 1. The van der Waals surface area contributed by atoms with Crippen LogP contribution in [0.3, 0.4) is 0 Å². The van der Waals surface area contributed by atoms with Crippen molar-refractivity contribution in [3.05, 3.63) is 35.6 Å². The first kappa shape index (κ1) is 12.5. The number of aliphatic hydroxyl groups excluding tert-OH is 1. The maximum absolute atomic E-state index is 13.6. The van der Waals surface area contributed by atoms with Gasteiger partial charge in [0.1, 0.15) is 5.82 Å². The van der Waals surface area contributed by atoms with Gasteiger partial charge in [-0.2, -0.15) is 0 Å². The number of aliphatic hydroxyl groups is 1. The van der Waals surface area contributed by atoms with Crippen molar-refractivity contribution in [2.24, 2.45) is 0 Å². The third-order valence-electron chi connectivity index (χ3n) is 3.50. The minimum Gasteiger partial charge on any atom is -0.387 e. The van der Waals surface area contributed by atoms with E-state index in [9.17, 15) is 9.50 Å². The first-order valence-corrected chi connectivity index (χ1v) is 6.20. The summed E-state index contributed by atoms with van der Waals surface area (Å²) in [5.41, 5.74) is 0.414. The van der Waals surface area contributed by atoms with Crippen LogP contribution in [0, 0.1) is 5.82 Å². The first-order chi connectivity index (χ1) is 7.99. The molecule has 2 atom stereocenters. The largest absolute Gasteiger partial charge is 0.387 e. The van der Waals surface area contributed by atoms with Crippen LogP contribution in [-0.4, -0.2) is 16.7 Å². The molecule has 0 aromatic heterocycles. The highest BCUT2D eigenvalue weighted by Gasteiger charge is 2.32. The van der Waals surface area contributed by atoms with Crippen LogP contribution in [0.1, 0.15) is 44.8 Å². The molecule has 3 heteroatoms. The van der Waals surface area contributed by atoms with E-state index in [0.717, 1.165) is 19.3 Å². The predicted molar refractivity (Wildman–Crippen MR) is 66.2 cm³/mol. The van der Waals surface area contributed by atoms with E-state index in [0.29, 0.717) is 5.56 Å². The Labute approximate surface area is 102 Å². The lowest BCUT2D eigenvalue weighted by atomic mass is 9.85. The second kappa shape index (κ2) is 4.75. The lowest BCUT2D eigenvalue weighted by Crippen LogP contribution is -2.51. The summed E-state index contributed by atoms with van der Waals surface area (Å²) in [5, 5.41) is 13.7. The maximum atomic E-state index is 13.6. The molecular weight excluding hydrogens is 217 g/mol. The molecule has 0 aliphatic carbocycles. The van der Waals surface area contributed by atoms with Crippen molar-refractivity contribution in [2.75, 3.05) is 0 Å². The molecule has 2 nitrogen and oxygen atoms in total. The Kier molecular flexibility index (Phi) is 3.50. The average molecular weight is 237 g/mol. The molecular formula is C14H20FNO. The van der Waals surface area contributed by atoms with Gasteiger partial charge >= 0.3 is 0 Å². The van der Waals surface area contributed by atoms with Crippen molar-refractivity contribution in [3.63, 3.8) is 0 Å². The molecule has 0 bridgehead atoms. The minimum atomic E-state index is -0.768. The van der Waals surface area contributed by atoms with Gasteiger partial charge in [0.15, 0.2) is 0 Å². The summed E-state index contributed by atoms with van der Waals surface area (Å²) in [5.74, 6) is -0.329. The van der Waals surface area contributed by atoms with Crippen molar-refractivity contribution in [1.29, 1.82) is 0 Å². The van der Waals surface area contributed by atoms with E-state index in [1.807, 2.05) is 0 Å². The molecule has 17 heavy (non-hydrogen) atoms. The second-order valence-corrected chi connectivity index (χ2v) is 5.49. The zero-order chi connectivity index (χ0) is 12.5. The molecule has 94 valence electrons. The van der Waals surface area contributed by atoms with Crippen molar-refractivity contribution in [2.45, 2.75) is 50.8 Å². The smallest absolute Gasteiger partial charge is 0.129 e. The fraction of sp³-hybridized carbons (Fsp3) is 0.571. The van der Waals surface area contributed by atoms with E-state index >= 15 is 0 Å². The fourth-order valence-electron chi connectivity index (χ4n) is 2.58. The van der Waals surface area contributed by atoms with Gasteiger partial charge < -0.3 is 10.4 Å². The third kappa shape index (κ3) is 2.85. The molecule has 1 saturated heterocycles. The van der Waals surface area contributed by atoms with E-state index in [1.54, 1.807) is 18.2 Å². The van der Waals surface area contributed by atoms with Crippen LogP contribution in [0.4, 0.5) is 4.39 Å². The van der Waals surface area contributed by atoms with Crippen LogP contribution in [0.25, 0.3) is 0 Å². The summed E-state index contributed by atoms with van der Waals surface area (Å²) >= 11 is 0. The highest BCUT2D eigenvalue weighted by molar-refractivity contribution is 5.21. The zero-order valence-corrected chi connectivity index (χ0v) is 10.4. The molecule has 1 heterocycles. The van der Waals surface area contributed by atoms with Gasteiger partial charge in [-0.05, 0) is 39.2 Å². The van der Waals surface area contributed by atoms with Crippen LogP contribution >= 0.6 is 0 Å². The lowest BCUT2D eigenvalue weighted by Gasteiger charge is -2.39. The number of benzene rings is 1. The Morgan fingerprint density at radius 1 is 1.41 bits per heavy atom. The average Bonchev–Trinajstić information content (AvgIpc) is 2.27. The zero-order valence-electron chi connectivity index (χ0n) is 10.4. The fourth-order valence-corrected chi connectivity index (χ4v) is 2.58. The minimum absolute atomic E-state index is 0.0230. The molecule has 2 rings (SSSR count). The SMILES string of the molecule is CC1(C)CCC[C@H]([C@H](O)c2ccccc2F)N1. The van der Waals surface area contributed by atoms with Gasteiger partial charge in [-0.15, -0.1) is 0 Å². The van der Waals surface area contributed by atoms with Crippen LogP contribution < -0.4 is 5.32 Å². The Bertz CT molecular complexity index is 392. The highest BCUT2D eigenvalue weighted by atomic mass is 19.1. The Morgan fingerprint density at radius 2 is 2.12 bits per heavy atom. The van der Waals surface area contributed by atoms with Gasteiger partial charge in [0.25, 0.3) is 0 Å². The lowest BCUT2D eigenvalue weighted by molar-refractivity contribution is 0.0817. The molecule has 0 saturated carbocycles. The number of hydrogen-bond acceptors (Lipinski definition) is 2. The molecule has 0 unspecified atom stereocenters. The van der Waals surface area contributed by atoms with Crippen molar-refractivity contribution in [3.8, 4) is 0 Å². The second-order valence-electron chi connectivity index (χ2n) is 5.49. The molecule has 0 amide bonds. The van der Waals surface area contributed by atoms with E-state index in [4.69, 9.17) is 0 Å². The van der Waals surface area contributed by atoms with Gasteiger partial charge in [-0.25, -0.2) is 4.39 Å². The van der Waals surface area contributed by atoms with Crippen LogP contribution in [0.15, 0.2) is 24.3 Å². The summed E-state index contributed by atoms with van der Waals surface area (Å²) in [6, 6.07) is 6.39. The van der Waals surface area contributed by atoms with Crippen molar-refractivity contribution < 1.29 is 9.50 Å². The van der Waals surface area contributed by atoms with Crippen LogP contribution in [0.2, 0.25) is 0 Å². The predicted octanol–water partition coefficient (Wildman–Crippen LogP) is 2.78. The third-order valence-corrected chi connectivity index (χ3v) is 3.50. The van der Waals surface area contributed by atoms with E-state index in [-0.39, 0.29) is 17.4 Å². The first-order valence-electron chi connectivity index (χ1n) is 6.20. The molecule has 1 aromatic rings. The monoisotopic (exact) mass is 237 g/mol. The maximum Gasteiger partial charge on any atom is 0.129 e. The van der Waals surface area contributed by atoms with E-state index in [1.165, 1.54) is 6.07 Å². The molecule has 0 radical (unpaired) electrons. The van der Waals surface area contributed by atoms with Gasteiger partial charge in [-0.1, -0.05) is 18.2 Å². The standard InChI is InChI=1S/C14H20FNO/c1-14(2)9-5-8-12(16-14)13(17)10-6-3-4-7-11(10)15/h3-4,6-7,12-13,16-17H,5,8-9H2,1-2H3/t12-,13-/m1/s1. The number of rotatable bonds is 2. The van der Waals surface area contributed by atoms with Crippen molar-refractivity contribution >= 4 is 0 Å². The number of hydrogen-bond donors (Lipinski definition) is 2. The van der Waals surface area contributed by atoms with Gasteiger partial charge in [0.2, 0.25) is 0 Å². The van der Waals surface area contributed by atoms with E-state index in [2.05, 4.69) is 19.2 Å². The van der Waals surface area contributed by atoms with Gasteiger partial charge in [0, 0.05) is 17.1 Å². The number of nitrogens with one attached hydrogen (secondary N) is 1. The Hall–Kier alpha value is -0.930. The molecule has 1 aromatic carbocycles. The highest BCUT2D eigenvalue weighted by Crippen LogP contribution is 2.29. The summed E-state index contributed by atoms with van der Waals surface area (Å²) in [4.78, 5) is 0. The summed E-state index contributed by atoms with van der Waals surface area (Å²) in [6.07, 6.45) is 2.28. The molecule has 2 N–H and O–H groups in total. The Balaban J connectivity index is 2.15. The summed E-state index contributed by atoms with van der Waals surface area (Å²) < 4.78 is 13.6. The quantitative estimate of drug-likeness (QED) is 0.829. The molecule has 1 aliphatic heterocycles. The van der Waals surface area contributed by atoms with Crippen LogP contribution in [-0.2, 0) is 0 Å². The molecule has 1 fully saturated rings.